The Bertz CT molecular complexity index is 352. The number of hydrogen-bond acceptors (Lipinski definition) is 2. The Kier molecular flexibility index (Phi) is 5.98. The van der Waals surface area contributed by atoms with Crippen LogP contribution in [-0.2, 0) is 6.18 Å². The summed E-state index contributed by atoms with van der Waals surface area (Å²) in [7, 11) is 0. The minimum Gasteiger partial charge on any atom is -0.493 e. The Morgan fingerprint density at radius 3 is 2.33 bits per heavy atom. The van der Waals surface area contributed by atoms with E-state index in [9.17, 15) is 13.2 Å². The normalized spacial score (nSPS) is 11.6. The van der Waals surface area contributed by atoms with Crippen molar-refractivity contribution in [2.45, 2.75) is 31.9 Å². The molecule has 1 rings (SSSR count). The van der Waals surface area contributed by atoms with Crippen molar-refractivity contribution in [2.24, 2.45) is 5.73 Å². The van der Waals surface area contributed by atoms with E-state index in [1.807, 2.05) is 0 Å². The van der Waals surface area contributed by atoms with E-state index in [1.165, 1.54) is 12.1 Å². The quantitative estimate of drug-likeness (QED) is 0.761. The van der Waals surface area contributed by atoms with E-state index in [4.69, 9.17) is 10.5 Å². The third-order valence-electron chi connectivity index (χ3n) is 2.55. The molecule has 1 aromatic carbocycles. The highest BCUT2D eigenvalue weighted by atomic mass is 19.4. The predicted molar refractivity (Wildman–Crippen MR) is 64.5 cm³/mol. The summed E-state index contributed by atoms with van der Waals surface area (Å²) in [6, 6.07) is 5.28. The summed E-state index contributed by atoms with van der Waals surface area (Å²) < 4.78 is 43.1. The zero-order chi connectivity index (χ0) is 13.4. The van der Waals surface area contributed by atoms with Crippen LogP contribution in [0.15, 0.2) is 24.3 Å². The largest absolute Gasteiger partial charge is 0.493 e. The van der Waals surface area contributed by atoms with E-state index in [2.05, 4.69) is 0 Å². The van der Waals surface area contributed by atoms with Gasteiger partial charge in [0.15, 0.2) is 0 Å². The van der Waals surface area contributed by atoms with Crippen molar-refractivity contribution < 1.29 is 17.9 Å². The van der Waals surface area contributed by atoms with Gasteiger partial charge in [0.25, 0.3) is 0 Å². The van der Waals surface area contributed by atoms with Crippen LogP contribution in [0.4, 0.5) is 13.2 Å². The molecule has 0 aliphatic heterocycles. The lowest BCUT2D eigenvalue weighted by Crippen LogP contribution is -2.09. The maximum atomic E-state index is 12.6. The summed E-state index contributed by atoms with van der Waals surface area (Å²) in [6.45, 7) is 0.954. The number of benzene rings is 1. The fourth-order valence-corrected chi connectivity index (χ4v) is 1.61. The smallest absolute Gasteiger partial charge is 0.419 e. The second-order valence-corrected chi connectivity index (χ2v) is 4.05. The SMILES string of the molecule is NCCCCCCOc1ccccc1C(F)(F)F. The lowest BCUT2D eigenvalue weighted by molar-refractivity contribution is -0.138. The highest BCUT2D eigenvalue weighted by Gasteiger charge is 2.33. The Hall–Kier alpha value is -1.23. The zero-order valence-electron chi connectivity index (χ0n) is 10.2. The van der Waals surface area contributed by atoms with Gasteiger partial charge in [0.2, 0.25) is 0 Å². The molecular weight excluding hydrogens is 243 g/mol. The first-order chi connectivity index (χ1) is 8.55. The molecule has 0 radical (unpaired) electrons. The monoisotopic (exact) mass is 261 g/mol. The maximum Gasteiger partial charge on any atom is 0.419 e. The molecule has 102 valence electrons. The average Bonchev–Trinajstić information content (AvgIpc) is 2.33. The van der Waals surface area contributed by atoms with Gasteiger partial charge < -0.3 is 10.5 Å². The van der Waals surface area contributed by atoms with Gasteiger partial charge in [0, 0.05) is 0 Å². The lowest BCUT2D eigenvalue weighted by Gasteiger charge is -2.13. The summed E-state index contributed by atoms with van der Waals surface area (Å²) in [5.41, 5.74) is 4.63. The highest BCUT2D eigenvalue weighted by molar-refractivity contribution is 5.35. The Balaban J connectivity index is 2.43. The van der Waals surface area contributed by atoms with Crippen molar-refractivity contribution in [3.63, 3.8) is 0 Å². The first kappa shape index (κ1) is 14.8. The molecule has 0 aliphatic carbocycles. The van der Waals surface area contributed by atoms with Gasteiger partial charge in [-0.1, -0.05) is 25.0 Å². The Labute approximate surface area is 105 Å². The average molecular weight is 261 g/mol. The first-order valence-electron chi connectivity index (χ1n) is 6.05. The number of halogens is 3. The van der Waals surface area contributed by atoms with Crippen LogP contribution in [0.1, 0.15) is 31.2 Å². The van der Waals surface area contributed by atoms with Crippen LogP contribution in [0.25, 0.3) is 0 Å². The Morgan fingerprint density at radius 2 is 1.67 bits per heavy atom. The second-order valence-electron chi connectivity index (χ2n) is 4.05. The maximum absolute atomic E-state index is 12.6. The summed E-state index contributed by atoms with van der Waals surface area (Å²) in [4.78, 5) is 0. The molecule has 0 bridgehead atoms. The van der Waals surface area contributed by atoms with E-state index in [0.717, 1.165) is 31.7 Å². The van der Waals surface area contributed by atoms with Gasteiger partial charge in [0.1, 0.15) is 5.75 Å². The molecule has 0 heterocycles. The van der Waals surface area contributed by atoms with Crippen LogP contribution in [0.2, 0.25) is 0 Å². The van der Waals surface area contributed by atoms with Crippen LogP contribution < -0.4 is 10.5 Å². The number of unbranched alkanes of at least 4 members (excludes halogenated alkanes) is 3. The highest BCUT2D eigenvalue weighted by Crippen LogP contribution is 2.35. The second kappa shape index (κ2) is 7.26. The number of para-hydroxylation sites is 1. The van der Waals surface area contributed by atoms with Crippen LogP contribution in [-0.4, -0.2) is 13.2 Å². The molecule has 0 fully saturated rings. The minimum atomic E-state index is -4.36. The van der Waals surface area contributed by atoms with Crippen molar-refractivity contribution in [2.75, 3.05) is 13.2 Å². The van der Waals surface area contributed by atoms with Crippen LogP contribution >= 0.6 is 0 Å². The van der Waals surface area contributed by atoms with Gasteiger partial charge in [-0.2, -0.15) is 13.2 Å². The fourth-order valence-electron chi connectivity index (χ4n) is 1.61. The van der Waals surface area contributed by atoms with Crippen LogP contribution in [0.5, 0.6) is 5.75 Å². The third-order valence-corrected chi connectivity index (χ3v) is 2.55. The Morgan fingerprint density at radius 1 is 1.00 bits per heavy atom. The fraction of sp³-hybridized carbons (Fsp3) is 0.538. The number of ether oxygens (including phenoxy) is 1. The van der Waals surface area contributed by atoms with Gasteiger partial charge in [-0.05, 0) is 31.5 Å². The van der Waals surface area contributed by atoms with Crippen LogP contribution in [0.3, 0.4) is 0 Å². The molecule has 0 saturated heterocycles. The zero-order valence-corrected chi connectivity index (χ0v) is 10.2. The van der Waals surface area contributed by atoms with E-state index in [1.54, 1.807) is 6.07 Å². The van der Waals surface area contributed by atoms with E-state index < -0.39 is 11.7 Å². The molecular formula is C13H18F3NO. The topological polar surface area (TPSA) is 35.2 Å². The standard InChI is InChI=1S/C13H18F3NO/c14-13(15,16)11-7-3-4-8-12(11)18-10-6-2-1-5-9-17/h3-4,7-8H,1-2,5-6,9-10,17H2. The first-order valence-corrected chi connectivity index (χ1v) is 6.05. The van der Waals surface area contributed by atoms with E-state index in [0.29, 0.717) is 13.2 Å². The van der Waals surface area contributed by atoms with Gasteiger partial charge in [-0.3, -0.25) is 0 Å². The summed E-state index contributed by atoms with van der Waals surface area (Å²) in [5.74, 6) is -0.0937. The lowest BCUT2D eigenvalue weighted by atomic mass is 10.2. The molecule has 5 heteroatoms. The number of rotatable bonds is 7. The van der Waals surface area contributed by atoms with E-state index >= 15 is 0 Å². The summed E-state index contributed by atoms with van der Waals surface area (Å²) in [5, 5.41) is 0. The molecule has 2 nitrogen and oxygen atoms in total. The van der Waals surface area contributed by atoms with Crippen molar-refractivity contribution in [1.29, 1.82) is 0 Å². The molecule has 0 unspecified atom stereocenters. The molecule has 0 atom stereocenters. The molecule has 0 aliphatic rings. The van der Waals surface area contributed by atoms with Crippen molar-refractivity contribution in [3.05, 3.63) is 29.8 Å². The molecule has 1 aromatic rings. The van der Waals surface area contributed by atoms with Gasteiger partial charge >= 0.3 is 6.18 Å². The van der Waals surface area contributed by atoms with Gasteiger partial charge in [-0.15, -0.1) is 0 Å². The van der Waals surface area contributed by atoms with Crippen molar-refractivity contribution in [1.82, 2.24) is 0 Å². The van der Waals surface area contributed by atoms with Crippen molar-refractivity contribution in [3.8, 4) is 5.75 Å². The number of nitrogens with two attached hydrogens (primary N) is 1. The summed E-state index contributed by atoms with van der Waals surface area (Å²) >= 11 is 0. The van der Waals surface area contributed by atoms with Crippen molar-refractivity contribution >= 4 is 0 Å². The third kappa shape index (κ3) is 4.96. The molecule has 0 saturated carbocycles. The molecule has 2 N–H and O–H groups in total. The van der Waals surface area contributed by atoms with E-state index in [-0.39, 0.29) is 5.75 Å². The molecule has 0 spiro atoms. The van der Waals surface area contributed by atoms with Gasteiger partial charge in [0.05, 0.1) is 12.2 Å². The molecule has 18 heavy (non-hydrogen) atoms. The molecule has 0 aromatic heterocycles. The summed E-state index contributed by atoms with van der Waals surface area (Å²) in [6.07, 6.45) is -0.770. The minimum absolute atomic E-state index is 0.0937. The molecule has 0 amide bonds. The predicted octanol–water partition coefficient (Wildman–Crippen LogP) is 3.60. The number of hydrogen-bond donors (Lipinski definition) is 1. The van der Waals surface area contributed by atoms with Gasteiger partial charge in [-0.25, -0.2) is 0 Å². The van der Waals surface area contributed by atoms with Crippen LogP contribution in [0, 0.1) is 0 Å². The number of alkyl halides is 3.